The van der Waals surface area contributed by atoms with E-state index in [1.54, 1.807) is 33.8 Å². The first-order chi connectivity index (χ1) is 15.4. The number of esters is 1. The molecular weight excluding hydrogens is 454 g/mol. The van der Waals surface area contributed by atoms with Crippen LogP contribution in [-0.4, -0.2) is 34.4 Å². The minimum atomic E-state index is -3.46. The molecule has 0 fully saturated rings. The van der Waals surface area contributed by atoms with Gasteiger partial charge in [-0.15, -0.1) is 11.3 Å². The predicted octanol–water partition coefficient (Wildman–Crippen LogP) is 3.93. The SMILES string of the molecule is COCCn1c(=O)n(CC(F)(F)c2ccccc2)c(=O)c2c(C)c(C(=O)OC(C)(C)C)sc21. The van der Waals surface area contributed by atoms with Crippen molar-refractivity contribution in [1.29, 1.82) is 0 Å². The molecule has 3 aromatic rings. The van der Waals surface area contributed by atoms with Gasteiger partial charge in [0.05, 0.1) is 25.1 Å². The molecule has 0 spiro atoms. The molecule has 0 aliphatic carbocycles. The van der Waals surface area contributed by atoms with E-state index in [4.69, 9.17) is 9.47 Å². The summed E-state index contributed by atoms with van der Waals surface area (Å²) in [7, 11) is 1.44. The number of rotatable bonds is 7. The van der Waals surface area contributed by atoms with Crippen molar-refractivity contribution in [2.75, 3.05) is 13.7 Å². The Morgan fingerprint density at radius 1 is 1.09 bits per heavy atom. The van der Waals surface area contributed by atoms with E-state index in [2.05, 4.69) is 0 Å². The maximum absolute atomic E-state index is 15.0. The third-order valence-corrected chi connectivity index (χ3v) is 6.25. The van der Waals surface area contributed by atoms with Crippen molar-refractivity contribution in [2.45, 2.75) is 52.3 Å². The molecule has 0 aliphatic heterocycles. The number of methoxy groups -OCH3 is 1. The molecule has 3 rings (SSSR count). The zero-order chi connectivity index (χ0) is 24.6. The van der Waals surface area contributed by atoms with Crippen LogP contribution >= 0.6 is 11.3 Å². The van der Waals surface area contributed by atoms with Gasteiger partial charge in [-0.1, -0.05) is 30.3 Å². The number of aryl methyl sites for hydroxylation is 1. The van der Waals surface area contributed by atoms with E-state index in [0.29, 0.717) is 4.57 Å². The lowest BCUT2D eigenvalue weighted by atomic mass is 10.1. The Morgan fingerprint density at radius 3 is 2.30 bits per heavy atom. The van der Waals surface area contributed by atoms with Gasteiger partial charge in [-0.3, -0.25) is 13.9 Å². The molecule has 2 heterocycles. The molecule has 0 unspecified atom stereocenters. The summed E-state index contributed by atoms with van der Waals surface area (Å²) in [6, 6.07) is 7.00. The van der Waals surface area contributed by atoms with E-state index in [1.807, 2.05) is 0 Å². The van der Waals surface area contributed by atoms with E-state index in [1.165, 1.54) is 35.9 Å². The van der Waals surface area contributed by atoms with Crippen LogP contribution in [0.5, 0.6) is 0 Å². The molecular formula is C23H26F2N2O5S. The maximum atomic E-state index is 15.0. The van der Waals surface area contributed by atoms with Crippen molar-refractivity contribution < 1.29 is 23.0 Å². The number of halogens is 2. The Kier molecular flexibility index (Phi) is 6.90. The topological polar surface area (TPSA) is 79.5 Å². The number of alkyl halides is 2. The predicted molar refractivity (Wildman–Crippen MR) is 122 cm³/mol. The Hall–Kier alpha value is -2.85. The minimum absolute atomic E-state index is 0.0245. The second-order valence-electron chi connectivity index (χ2n) is 8.63. The smallest absolute Gasteiger partial charge is 0.349 e. The van der Waals surface area contributed by atoms with Crippen molar-refractivity contribution in [2.24, 2.45) is 0 Å². The Morgan fingerprint density at radius 2 is 1.73 bits per heavy atom. The fraction of sp³-hybridized carbons (Fsp3) is 0.435. The van der Waals surface area contributed by atoms with Gasteiger partial charge in [0.2, 0.25) is 0 Å². The van der Waals surface area contributed by atoms with Gasteiger partial charge < -0.3 is 9.47 Å². The number of ether oxygens (including phenoxy) is 2. The van der Waals surface area contributed by atoms with Crippen LogP contribution < -0.4 is 11.2 Å². The monoisotopic (exact) mass is 480 g/mol. The van der Waals surface area contributed by atoms with Crippen LogP contribution in [0.3, 0.4) is 0 Å². The number of nitrogens with zero attached hydrogens (tertiary/aromatic N) is 2. The fourth-order valence-electron chi connectivity index (χ4n) is 3.40. The fourth-order valence-corrected chi connectivity index (χ4v) is 4.60. The Labute approximate surface area is 193 Å². The third-order valence-electron chi connectivity index (χ3n) is 4.95. The highest BCUT2D eigenvalue weighted by Crippen LogP contribution is 2.31. The van der Waals surface area contributed by atoms with Gasteiger partial charge >= 0.3 is 11.7 Å². The van der Waals surface area contributed by atoms with E-state index in [0.717, 1.165) is 11.3 Å². The van der Waals surface area contributed by atoms with Crippen LogP contribution in [0.15, 0.2) is 39.9 Å². The molecule has 0 amide bonds. The molecule has 0 aliphatic rings. The second-order valence-corrected chi connectivity index (χ2v) is 9.63. The summed E-state index contributed by atoms with van der Waals surface area (Å²) < 4.78 is 42.2. The van der Waals surface area contributed by atoms with E-state index in [9.17, 15) is 14.4 Å². The molecule has 7 nitrogen and oxygen atoms in total. The van der Waals surface area contributed by atoms with Crippen LogP contribution in [-0.2, 0) is 28.5 Å². The molecule has 0 radical (unpaired) electrons. The maximum Gasteiger partial charge on any atom is 0.349 e. The number of carbonyl (C=O) groups is 1. The average molecular weight is 481 g/mol. The number of hydrogen-bond donors (Lipinski definition) is 0. The molecule has 1 aromatic carbocycles. The van der Waals surface area contributed by atoms with Crippen molar-refractivity contribution in [1.82, 2.24) is 9.13 Å². The normalized spacial score (nSPS) is 12.3. The summed E-state index contributed by atoms with van der Waals surface area (Å²) >= 11 is 0.933. The van der Waals surface area contributed by atoms with Crippen LogP contribution in [0.2, 0.25) is 0 Å². The average Bonchev–Trinajstić information content (AvgIpc) is 3.08. The standard InChI is InChI=1S/C23H26F2N2O5S/c1-14-16-18(28)27(13-23(24,25)15-9-7-6-8-10-15)21(30)26(11-12-31-5)19(16)33-17(14)20(29)32-22(2,3)4/h6-10H,11-13H2,1-5H3. The van der Waals surface area contributed by atoms with Gasteiger partial charge in [-0.2, -0.15) is 8.78 Å². The third kappa shape index (κ3) is 5.06. The molecule has 0 atom stereocenters. The van der Waals surface area contributed by atoms with Gasteiger partial charge in [0.15, 0.2) is 0 Å². The van der Waals surface area contributed by atoms with E-state index in [-0.39, 0.29) is 39.4 Å². The molecule has 0 N–H and O–H groups in total. The number of aromatic nitrogens is 2. The zero-order valence-electron chi connectivity index (χ0n) is 19.1. The second kappa shape index (κ2) is 9.18. The number of benzene rings is 1. The van der Waals surface area contributed by atoms with Crippen LogP contribution in [0.4, 0.5) is 8.78 Å². The largest absolute Gasteiger partial charge is 0.456 e. The Balaban J connectivity index is 2.23. The summed E-state index contributed by atoms with van der Waals surface area (Å²) in [5.41, 5.74) is -2.55. The summed E-state index contributed by atoms with van der Waals surface area (Å²) in [4.78, 5) is 39.5. The molecule has 2 aromatic heterocycles. The molecule has 0 saturated carbocycles. The quantitative estimate of drug-likeness (QED) is 0.479. The van der Waals surface area contributed by atoms with Crippen molar-refractivity contribution in [3.8, 4) is 0 Å². The number of fused-ring (bicyclic) bond motifs is 1. The van der Waals surface area contributed by atoms with Gasteiger partial charge in [0.1, 0.15) is 15.3 Å². The molecule has 0 saturated heterocycles. The van der Waals surface area contributed by atoms with Gasteiger partial charge in [-0.25, -0.2) is 9.59 Å². The van der Waals surface area contributed by atoms with Gasteiger partial charge in [0.25, 0.3) is 11.5 Å². The zero-order valence-corrected chi connectivity index (χ0v) is 19.9. The van der Waals surface area contributed by atoms with Gasteiger partial charge in [0, 0.05) is 12.7 Å². The molecule has 10 heteroatoms. The lowest BCUT2D eigenvalue weighted by Gasteiger charge is -2.19. The lowest BCUT2D eigenvalue weighted by Crippen LogP contribution is -2.43. The minimum Gasteiger partial charge on any atom is -0.456 e. The summed E-state index contributed by atoms with van der Waals surface area (Å²) in [5.74, 6) is -4.11. The summed E-state index contributed by atoms with van der Waals surface area (Å²) in [6.07, 6.45) is 0. The van der Waals surface area contributed by atoms with Crippen molar-refractivity contribution >= 4 is 27.5 Å². The van der Waals surface area contributed by atoms with Crippen LogP contribution in [0.25, 0.3) is 10.2 Å². The number of hydrogen-bond acceptors (Lipinski definition) is 6. The van der Waals surface area contributed by atoms with E-state index >= 15 is 8.78 Å². The molecule has 33 heavy (non-hydrogen) atoms. The number of carbonyl (C=O) groups excluding carboxylic acids is 1. The highest BCUT2D eigenvalue weighted by atomic mass is 32.1. The highest BCUT2D eigenvalue weighted by molar-refractivity contribution is 7.20. The number of thiophene rings is 1. The lowest BCUT2D eigenvalue weighted by molar-refractivity contribution is -0.0245. The van der Waals surface area contributed by atoms with Crippen LogP contribution in [0.1, 0.15) is 41.6 Å². The molecule has 0 bridgehead atoms. The van der Waals surface area contributed by atoms with E-state index < -0.39 is 35.3 Å². The van der Waals surface area contributed by atoms with Crippen LogP contribution in [0, 0.1) is 6.92 Å². The van der Waals surface area contributed by atoms with Crippen molar-refractivity contribution in [3.05, 3.63) is 67.2 Å². The highest BCUT2D eigenvalue weighted by Gasteiger charge is 2.35. The summed E-state index contributed by atoms with van der Waals surface area (Å²) in [5, 5.41) is 0.0421. The summed E-state index contributed by atoms with van der Waals surface area (Å²) in [6.45, 7) is 5.68. The first kappa shape index (κ1) is 24.8. The first-order valence-corrected chi connectivity index (χ1v) is 11.1. The Bertz CT molecular complexity index is 1290. The van der Waals surface area contributed by atoms with Crippen molar-refractivity contribution in [3.63, 3.8) is 0 Å². The first-order valence-electron chi connectivity index (χ1n) is 10.3. The van der Waals surface area contributed by atoms with Gasteiger partial charge in [-0.05, 0) is 33.3 Å². The molecule has 178 valence electrons.